The molecule has 0 spiro atoms. The smallest absolute Gasteiger partial charge is 0.222 e. The van der Waals surface area contributed by atoms with Gasteiger partial charge in [-0.2, -0.15) is 0 Å². The van der Waals surface area contributed by atoms with Crippen LogP contribution in [0.15, 0.2) is 0 Å². The maximum absolute atomic E-state index is 12.2. The molecule has 1 fully saturated rings. The van der Waals surface area contributed by atoms with Gasteiger partial charge in [-0.15, -0.1) is 0 Å². The van der Waals surface area contributed by atoms with Crippen LogP contribution in [-0.4, -0.2) is 36.5 Å². The van der Waals surface area contributed by atoms with E-state index in [1.165, 1.54) is 19.3 Å². The Balaban J connectivity index is 2.25. The van der Waals surface area contributed by atoms with E-state index in [-0.39, 0.29) is 0 Å². The maximum atomic E-state index is 12.2. The second kappa shape index (κ2) is 8.57. The fraction of sp³-hybridized carbons (Fsp3) is 0.938. The van der Waals surface area contributed by atoms with Gasteiger partial charge in [0, 0.05) is 25.6 Å². The molecular formula is C16H32N2O. The first-order valence-corrected chi connectivity index (χ1v) is 8.02. The second-order valence-corrected chi connectivity index (χ2v) is 6.53. The average molecular weight is 268 g/mol. The lowest BCUT2D eigenvalue weighted by Crippen LogP contribution is -2.33. The molecule has 0 aromatic heterocycles. The van der Waals surface area contributed by atoms with E-state index in [1.807, 2.05) is 0 Å². The van der Waals surface area contributed by atoms with Crippen LogP contribution in [0.25, 0.3) is 0 Å². The van der Waals surface area contributed by atoms with Crippen LogP contribution in [0.4, 0.5) is 0 Å². The van der Waals surface area contributed by atoms with Crippen molar-refractivity contribution in [2.24, 2.45) is 11.8 Å². The molecule has 1 aliphatic heterocycles. The summed E-state index contributed by atoms with van der Waals surface area (Å²) in [5.41, 5.74) is 0. The van der Waals surface area contributed by atoms with E-state index < -0.39 is 0 Å². The van der Waals surface area contributed by atoms with Gasteiger partial charge in [0.15, 0.2) is 0 Å². The zero-order valence-electron chi connectivity index (χ0n) is 13.2. The van der Waals surface area contributed by atoms with Crippen LogP contribution in [0, 0.1) is 11.8 Å². The van der Waals surface area contributed by atoms with Crippen molar-refractivity contribution in [3.8, 4) is 0 Å². The van der Waals surface area contributed by atoms with E-state index in [0.717, 1.165) is 37.9 Å². The Bertz CT molecular complexity index is 263. The molecule has 1 unspecified atom stereocenters. The molecule has 0 saturated carbocycles. The highest BCUT2D eigenvalue weighted by molar-refractivity contribution is 5.76. The minimum atomic E-state index is 0.356. The number of nitrogens with zero attached hydrogens (tertiary/aromatic N) is 1. The predicted octanol–water partition coefficient (Wildman–Crippen LogP) is 3.05. The molecule has 0 radical (unpaired) electrons. The molecule has 0 aromatic rings. The number of amides is 1. The molecule has 0 aromatic carbocycles. The van der Waals surface area contributed by atoms with E-state index in [4.69, 9.17) is 0 Å². The zero-order valence-corrected chi connectivity index (χ0v) is 13.2. The van der Waals surface area contributed by atoms with Crippen molar-refractivity contribution in [3.05, 3.63) is 0 Å². The highest BCUT2D eigenvalue weighted by Crippen LogP contribution is 2.24. The molecule has 0 bridgehead atoms. The quantitative estimate of drug-likeness (QED) is 0.751. The van der Waals surface area contributed by atoms with E-state index in [9.17, 15) is 4.79 Å². The average Bonchev–Trinajstić information content (AvgIpc) is 2.59. The van der Waals surface area contributed by atoms with Crippen molar-refractivity contribution in [2.45, 2.75) is 65.8 Å². The van der Waals surface area contributed by atoms with Gasteiger partial charge in [0.2, 0.25) is 5.91 Å². The summed E-state index contributed by atoms with van der Waals surface area (Å²) in [5, 5.41) is 3.37. The van der Waals surface area contributed by atoms with Crippen molar-refractivity contribution >= 4 is 5.91 Å². The van der Waals surface area contributed by atoms with Gasteiger partial charge in [-0.25, -0.2) is 0 Å². The summed E-state index contributed by atoms with van der Waals surface area (Å²) < 4.78 is 0. The molecule has 1 atom stereocenters. The fourth-order valence-corrected chi connectivity index (χ4v) is 2.83. The Labute approximate surface area is 119 Å². The summed E-state index contributed by atoms with van der Waals surface area (Å²) in [5.74, 6) is 1.92. The van der Waals surface area contributed by atoms with Crippen LogP contribution in [0.2, 0.25) is 0 Å². The minimum absolute atomic E-state index is 0.356. The van der Waals surface area contributed by atoms with Crippen molar-refractivity contribution in [1.82, 2.24) is 10.2 Å². The summed E-state index contributed by atoms with van der Waals surface area (Å²) in [7, 11) is 0. The second-order valence-electron chi connectivity index (χ2n) is 6.53. The molecule has 0 aliphatic carbocycles. The van der Waals surface area contributed by atoms with Crippen molar-refractivity contribution in [1.29, 1.82) is 0 Å². The number of rotatable bonds is 6. The minimum Gasteiger partial charge on any atom is -0.343 e. The SMILES string of the molecule is CC(C)NCCCC(=O)N1CCCC(C(C)C)CC1. The van der Waals surface area contributed by atoms with Crippen molar-refractivity contribution in [2.75, 3.05) is 19.6 Å². The van der Waals surface area contributed by atoms with Crippen LogP contribution >= 0.6 is 0 Å². The number of hydrogen-bond acceptors (Lipinski definition) is 2. The molecule has 3 nitrogen and oxygen atoms in total. The van der Waals surface area contributed by atoms with Gasteiger partial charge in [-0.05, 0) is 44.1 Å². The van der Waals surface area contributed by atoms with Gasteiger partial charge in [-0.1, -0.05) is 27.7 Å². The number of carbonyl (C=O) groups is 1. The Morgan fingerprint density at radius 3 is 2.58 bits per heavy atom. The van der Waals surface area contributed by atoms with Gasteiger partial charge in [0.05, 0.1) is 0 Å². The maximum Gasteiger partial charge on any atom is 0.222 e. The van der Waals surface area contributed by atoms with Crippen molar-refractivity contribution in [3.63, 3.8) is 0 Å². The van der Waals surface area contributed by atoms with Crippen LogP contribution < -0.4 is 5.32 Å². The Hall–Kier alpha value is -0.570. The molecule has 1 heterocycles. The van der Waals surface area contributed by atoms with E-state index in [1.54, 1.807) is 0 Å². The summed E-state index contributed by atoms with van der Waals surface area (Å²) in [6.07, 6.45) is 5.32. The predicted molar refractivity (Wildman–Crippen MR) is 81.1 cm³/mol. The monoisotopic (exact) mass is 268 g/mol. The van der Waals surface area contributed by atoms with Gasteiger partial charge in [0.25, 0.3) is 0 Å². The largest absolute Gasteiger partial charge is 0.343 e. The van der Waals surface area contributed by atoms with Crippen LogP contribution in [0.1, 0.15) is 59.8 Å². The summed E-state index contributed by atoms with van der Waals surface area (Å²) in [6.45, 7) is 11.8. The highest BCUT2D eigenvalue weighted by Gasteiger charge is 2.21. The molecule has 1 amide bonds. The van der Waals surface area contributed by atoms with Gasteiger partial charge in [0.1, 0.15) is 0 Å². The highest BCUT2D eigenvalue weighted by atomic mass is 16.2. The molecule has 1 aliphatic rings. The van der Waals surface area contributed by atoms with Crippen molar-refractivity contribution < 1.29 is 4.79 Å². The third-order valence-electron chi connectivity index (χ3n) is 4.19. The summed E-state index contributed by atoms with van der Waals surface area (Å²) in [4.78, 5) is 14.3. The first-order chi connectivity index (χ1) is 9.00. The molecule has 3 heteroatoms. The third-order valence-corrected chi connectivity index (χ3v) is 4.19. The Kier molecular flexibility index (Phi) is 7.44. The fourth-order valence-electron chi connectivity index (χ4n) is 2.83. The van der Waals surface area contributed by atoms with Gasteiger partial charge >= 0.3 is 0 Å². The Morgan fingerprint density at radius 1 is 1.21 bits per heavy atom. The standard InChI is InChI=1S/C16H32N2O/c1-13(2)15-7-6-11-18(12-9-15)16(19)8-5-10-17-14(3)4/h13-15,17H,5-12H2,1-4H3. The lowest BCUT2D eigenvalue weighted by molar-refractivity contribution is -0.131. The molecular weight excluding hydrogens is 236 g/mol. The van der Waals surface area contributed by atoms with E-state index in [2.05, 4.69) is 37.9 Å². The normalized spacial score (nSPS) is 20.9. The molecule has 1 saturated heterocycles. The van der Waals surface area contributed by atoms with Gasteiger partial charge < -0.3 is 10.2 Å². The lowest BCUT2D eigenvalue weighted by Gasteiger charge is -2.21. The Morgan fingerprint density at radius 2 is 1.95 bits per heavy atom. The molecule has 1 rings (SSSR count). The third kappa shape index (κ3) is 6.42. The zero-order chi connectivity index (χ0) is 14.3. The number of hydrogen-bond donors (Lipinski definition) is 1. The number of carbonyl (C=O) groups excluding carboxylic acids is 1. The molecule has 19 heavy (non-hydrogen) atoms. The van der Waals surface area contributed by atoms with Crippen LogP contribution in [0.5, 0.6) is 0 Å². The van der Waals surface area contributed by atoms with Gasteiger partial charge in [-0.3, -0.25) is 4.79 Å². The molecule has 1 N–H and O–H groups in total. The van der Waals surface area contributed by atoms with Crippen LogP contribution in [-0.2, 0) is 4.79 Å². The lowest BCUT2D eigenvalue weighted by atomic mass is 9.89. The number of likely N-dealkylation sites (tertiary alicyclic amines) is 1. The first kappa shape index (κ1) is 16.5. The van der Waals surface area contributed by atoms with E-state index >= 15 is 0 Å². The first-order valence-electron chi connectivity index (χ1n) is 8.02. The summed E-state index contributed by atoms with van der Waals surface area (Å²) in [6, 6.07) is 0.514. The van der Waals surface area contributed by atoms with E-state index in [0.29, 0.717) is 18.4 Å². The topological polar surface area (TPSA) is 32.3 Å². The summed E-state index contributed by atoms with van der Waals surface area (Å²) >= 11 is 0. The van der Waals surface area contributed by atoms with Crippen LogP contribution in [0.3, 0.4) is 0 Å². The molecule has 112 valence electrons. The number of nitrogens with one attached hydrogen (secondary N) is 1.